The number of carbonyl (C=O) groups excluding carboxylic acids is 1. The van der Waals surface area contributed by atoms with Crippen molar-refractivity contribution in [2.45, 2.75) is 19.4 Å². The molecule has 0 radical (unpaired) electrons. The van der Waals surface area contributed by atoms with Crippen molar-refractivity contribution in [2.75, 3.05) is 13.2 Å². The van der Waals surface area contributed by atoms with Gasteiger partial charge in [-0.05, 0) is 48.2 Å². The summed E-state index contributed by atoms with van der Waals surface area (Å²) in [4.78, 5) is 12.0. The molecule has 0 aromatic heterocycles. The van der Waals surface area contributed by atoms with Crippen LogP contribution in [0.4, 0.5) is 0 Å². The van der Waals surface area contributed by atoms with E-state index in [0.717, 1.165) is 11.1 Å². The lowest BCUT2D eigenvalue weighted by molar-refractivity contribution is -0.133. The molecule has 2 aromatic rings. The largest absolute Gasteiger partial charge is 0.491 e. The van der Waals surface area contributed by atoms with E-state index in [1.165, 1.54) is 0 Å². The number of hydrogen-bond donors (Lipinski definition) is 3. The molecule has 4 N–H and O–H groups in total. The Kier molecular flexibility index (Phi) is 5.03. The summed E-state index contributed by atoms with van der Waals surface area (Å²) < 4.78 is 5.50. The first-order chi connectivity index (χ1) is 10.9. The van der Waals surface area contributed by atoms with E-state index in [1.54, 1.807) is 42.5 Å². The average molecular weight is 315 g/mol. The fraction of sp³-hybridized carbons (Fsp3) is 0.278. The van der Waals surface area contributed by atoms with E-state index in [0.29, 0.717) is 16.9 Å². The number of aryl methyl sites for hydroxylation is 2. The summed E-state index contributed by atoms with van der Waals surface area (Å²) in [5, 5.41) is 19.9. The van der Waals surface area contributed by atoms with Crippen LogP contribution in [-0.2, 0) is 10.4 Å². The molecule has 0 heterocycles. The standard InChI is InChI=1S/C18H21NO4/c1-12-10-15(11-13(2)16(12)23-9-8-20)18(22,17(19)21)14-6-4-3-5-7-14/h3-7,10-11,20,22H,8-9H2,1-2H3,(H2,19,21). The van der Waals surface area contributed by atoms with Crippen LogP contribution in [0.15, 0.2) is 42.5 Å². The third-order valence-corrected chi connectivity index (χ3v) is 3.76. The predicted octanol–water partition coefficient (Wildman–Crippen LogP) is 1.40. The second kappa shape index (κ2) is 6.81. The van der Waals surface area contributed by atoms with Gasteiger partial charge in [-0.15, -0.1) is 0 Å². The highest BCUT2D eigenvalue weighted by Gasteiger charge is 2.38. The summed E-state index contributed by atoms with van der Waals surface area (Å²) in [6.07, 6.45) is 0. The van der Waals surface area contributed by atoms with E-state index in [1.807, 2.05) is 13.8 Å². The van der Waals surface area contributed by atoms with E-state index < -0.39 is 11.5 Å². The number of aliphatic hydroxyl groups excluding tert-OH is 1. The maximum Gasteiger partial charge on any atom is 0.258 e. The van der Waals surface area contributed by atoms with Gasteiger partial charge in [0.25, 0.3) is 5.91 Å². The van der Waals surface area contributed by atoms with Gasteiger partial charge in [0.1, 0.15) is 12.4 Å². The number of nitrogens with two attached hydrogens (primary N) is 1. The second-order valence-corrected chi connectivity index (χ2v) is 5.45. The van der Waals surface area contributed by atoms with Crippen LogP contribution in [0.25, 0.3) is 0 Å². The number of hydrogen-bond acceptors (Lipinski definition) is 4. The molecule has 0 spiro atoms. The third kappa shape index (κ3) is 3.21. The molecule has 2 rings (SSSR count). The van der Waals surface area contributed by atoms with E-state index in [2.05, 4.69) is 0 Å². The highest BCUT2D eigenvalue weighted by atomic mass is 16.5. The van der Waals surface area contributed by atoms with Crippen molar-refractivity contribution in [2.24, 2.45) is 5.73 Å². The number of primary amides is 1. The minimum absolute atomic E-state index is 0.0874. The summed E-state index contributed by atoms with van der Waals surface area (Å²) in [5.41, 5.74) is 5.90. The average Bonchev–Trinajstić information content (AvgIpc) is 2.53. The van der Waals surface area contributed by atoms with Crippen LogP contribution >= 0.6 is 0 Å². The second-order valence-electron chi connectivity index (χ2n) is 5.45. The molecule has 0 fully saturated rings. The molecular formula is C18H21NO4. The maximum absolute atomic E-state index is 12.0. The van der Waals surface area contributed by atoms with Crippen molar-refractivity contribution >= 4 is 5.91 Å². The molecule has 5 nitrogen and oxygen atoms in total. The molecule has 0 saturated carbocycles. The number of rotatable bonds is 6. The summed E-state index contributed by atoms with van der Waals surface area (Å²) in [5.74, 6) is -0.214. The lowest BCUT2D eigenvalue weighted by Crippen LogP contribution is -2.42. The number of carbonyl (C=O) groups is 1. The van der Waals surface area contributed by atoms with Crippen LogP contribution in [0.1, 0.15) is 22.3 Å². The smallest absolute Gasteiger partial charge is 0.258 e. The van der Waals surface area contributed by atoms with Crippen LogP contribution < -0.4 is 10.5 Å². The zero-order valence-corrected chi connectivity index (χ0v) is 13.2. The van der Waals surface area contributed by atoms with E-state index in [9.17, 15) is 9.90 Å². The quantitative estimate of drug-likeness (QED) is 0.751. The summed E-state index contributed by atoms with van der Waals surface area (Å²) in [6, 6.07) is 11.9. The summed E-state index contributed by atoms with van der Waals surface area (Å²) in [6.45, 7) is 3.72. The van der Waals surface area contributed by atoms with Gasteiger partial charge in [0.2, 0.25) is 0 Å². The molecule has 1 atom stereocenters. The molecule has 5 heteroatoms. The molecule has 23 heavy (non-hydrogen) atoms. The molecule has 0 aliphatic heterocycles. The normalized spacial score (nSPS) is 13.4. The predicted molar refractivity (Wildman–Crippen MR) is 87.1 cm³/mol. The van der Waals surface area contributed by atoms with Gasteiger partial charge in [-0.3, -0.25) is 4.79 Å². The zero-order chi connectivity index (χ0) is 17.0. The fourth-order valence-electron chi connectivity index (χ4n) is 2.67. The SMILES string of the molecule is Cc1cc(C(O)(C(N)=O)c2ccccc2)cc(C)c1OCCO. The van der Waals surface area contributed by atoms with Crippen molar-refractivity contribution in [3.63, 3.8) is 0 Å². The first kappa shape index (κ1) is 17.0. The first-order valence-electron chi connectivity index (χ1n) is 7.34. The van der Waals surface area contributed by atoms with Gasteiger partial charge in [-0.2, -0.15) is 0 Å². The molecule has 1 amide bonds. The Bertz CT molecular complexity index is 676. The molecule has 0 bridgehead atoms. The van der Waals surface area contributed by atoms with Crippen molar-refractivity contribution in [3.05, 3.63) is 64.7 Å². The van der Waals surface area contributed by atoms with Crippen LogP contribution in [-0.4, -0.2) is 29.3 Å². The van der Waals surface area contributed by atoms with E-state index in [4.69, 9.17) is 15.6 Å². The van der Waals surface area contributed by atoms with Crippen molar-refractivity contribution in [3.8, 4) is 5.75 Å². The summed E-state index contributed by atoms with van der Waals surface area (Å²) in [7, 11) is 0. The van der Waals surface area contributed by atoms with Crippen LogP contribution in [0.2, 0.25) is 0 Å². The van der Waals surface area contributed by atoms with Crippen molar-refractivity contribution < 1.29 is 19.7 Å². The van der Waals surface area contributed by atoms with Gasteiger partial charge in [-0.1, -0.05) is 30.3 Å². The first-order valence-corrected chi connectivity index (χ1v) is 7.34. The van der Waals surface area contributed by atoms with Gasteiger partial charge in [0.15, 0.2) is 5.60 Å². The monoisotopic (exact) mass is 315 g/mol. The number of benzene rings is 2. The molecule has 0 aliphatic carbocycles. The van der Waals surface area contributed by atoms with Crippen molar-refractivity contribution in [1.82, 2.24) is 0 Å². The minimum Gasteiger partial charge on any atom is -0.491 e. The lowest BCUT2D eigenvalue weighted by atomic mass is 9.84. The third-order valence-electron chi connectivity index (χ3n) is 3.76. The van der Waals surface area contributed by atoms with E-state index >= 15 is 0 Å². The Hall–Kier alpha value is -2.37. The van der Waals surface area contributed by atoms with Gasteiger partial charge >= 0.3 is 0 Å². The topological polar surface area (TPSA) is 92.8 Å². The molecule has 0 aliphatic rings. The Labute approximate surface area is 135 Å². The molecule has 122 valence electrons. The van der Waals surface area contributed by atoms with Gasteiger partial charge < -0.3 is 20.7 Å². The van der Waals surface area contributed by atoms with Crippen molar-refractivity contribution in [1.29, 1.82) is 0 Å². The van der Waals surface area contributed by atoms with E-state index in [-0.39, 0.29) is 13.2 Å². The van der Waals surface area contributed by atoms with Gasteiger partial charge in [0.05, 0.1) is 6.61 Å². The van der Waals surface area contributed by atoms with Crippen LogP contribution in [0, 0.1) is 13.8 Å². The maximum atomic E-state index is 12.0. The Morgan fingerprint density at radius 2 is 1.70 bits per heavy atom. The number of amides is 1. The molecular weight excluding hydrogens is 294 g/mol. The highest BCUT2D eigenvalue weighted by molar-refractivity contribution is 5.88. The molecule has 1 unspecified atom stereocenters. The van der Waals surface area contributed by atoms with Crippen LogP contribution in [0.5, 0.6) is 5.75 Å². The number of aliphatic hydroxyl groups is 2. The highest BCUT2D eigenvalue weighted by Crippen LogP contribution is 2.34. The zero-order valence-electron chi connectivity index (χ0n) is 13.2. The number of ether oxygens (including phenoxy) is 1. The Morgan fingerprint density at radius 1 is 1.13 bits per heavy atom. The summed E-state index contributed by atoms with van der Waals surface area (Å²) >= 11 is 0. The Balaban J connectivity index is 2.56. The minimum atomic E-state index is -1.91. The fourth-order valence-corrected chi connectivity index (χ4v) is 2.67. The lowest BCUT2D eigenvalue weighted by Gasteiger charge is -2.27. The van der Waals surface area contributed by atoms with Crippen LogP contribution in [0.3, 0.4) is 0 Å². The Morgan fingerprint density at radius 3 is 2.17 bits per heavy atom. The molecule has 0 saturated heterocycles. The van der Waals surface area contributed by atoms with Gasteiger partial charge in [0, 0.05) is 0 Å². The van der Waals surface area contributed by atoms with Gasteiger partial charge in [-0.25, -0.2) is 0 Å². The molecule has 2 aromatic carbocycles.